The third-order valence-corrected chi connectivity index (χ3v) is 4.41. The molecule has 5 heteroatoms. The lowest BCUT2D eigenvalue weighted by atomic mass is 10.0. The lowest BCUT2D eigenvalue weighted by Gasteiger charge is -2.32. The Hall–Kier alpha value is -2.63. The fourth-order valence-electron chi connectivity index (χ4n) is 3.08. The van der Waals surface area contributed by atoms with E-state index in [4.69, 9.17) is 14.0 Å². The average Bonchev–Trinajstić information content (AvgIpc) is 2.64. The number of rotatable bonds is 3. The molecular formula is C20H19NO4. The summed E-state index contributed by atoms with van der Waals surface area (Å²) in [6.45, 7) is 3.81. The summed E-state index contributed by atoms with van der Waals surface area (Å²) in [5.74, 6) is 0.840. The topological polar surface area (TPSA) is 51.9 Å². The molecule has 5 nitrogen and oxygen atoms in total. The number of fused-ring (bicyclic) bond motifs is 1. The summed E-state index contributed by atoms with van der Waals surface area (Å²) >= 11 is 0. The van der Waals surface area contributed by atoms with Crippen LogP contribution in [0.2, 0.25) is 0 Å². The Kier molecular flexibility index (Phi) is 4.26. The van der Waals surface area contributed by atoms with Crippen LogP contribution in [0.5, 0.6) is 5.75 Å². The minimum Gasteiger partial charge on any atom is -0.464 e. The molecule has 1 aliphatic rings. The number of benzene rings is 2. The van der Waals surface area contributed by atoms with E-state index in [1.54, 1.807) is 6.07 Å². The molecule has 1 fully saturated rings. The molecule has 0 bridgehead atoms. The first-order chi connectivity index (χ1) is 12.2. The van der Waals surface area contributed by atoms with Crippen LogP contribution in [0.4, 0.5) is 0 Å². The highest BCUT2D eigenvalue weighted by Gasteiger charge is 2.26. The van der Waals surface area contributed by atoms with E-state index in [-0.39, 0.29) is 11.5 Å². The lowest BCUT2D eigenvalue weighted by Crippen LogP contribution is -2.40. The van der Waals surface area contributed by atoms with Crippen LogP contribution in [0.1, 0.15) is 17.2 Å². The van der Waals surface area contributed by atoms with Crippen molar-refractivity contribution in [2.75, 3.05) is 19.7 Å². The van der Waals surface area contributed by atoms with Gasteiger partial charge < -0.3 is 14.0 Å². The van der Waals surface area contributed by atoms with Crippen LogP contribution >= 0.6 is 0 Å². The fraction of sp³-hybridized carbons (Fsp3) is 0.250. The van der Waals surface area contributed by atoms with Crippen LogP contribution in [-0.4, -0.2) is 24.8 Å². The molecule has 3 aromatic rings. The molecule has 2 aromatic carbocycles. The van der Waals surface area contributed by atoms with Gasteiger partial charge in [-0.15, -0.1) is 5.06 Å². The molecule has 0 aliphatic carbocycles. The molecule has 1 saturated heterocycles. The number of nitrogens with zero attached hydrogens (tertiary/aromatic N) is 1. The minimum absolute atomic E-state index is 0.0491. The first-order valence-electron chi connectivity index (χ1n) is 8.33. The quantitative estimate of drug-likeness (QED) is 0.732. The molecule has 1 unspecified atom stereocenters. The van der Waals surface area contributed by atoms with Crippen molar-refractivity contribution in [1.82, 2.24) is 5.06 Å². The second kappa shape index (κ2) is 6.70. The Labute approximate surface area is 145 Å². The van der Waals surface area contributed by atoms with Gasteiger partial charge >= 0.3 is 0 Å². The van der Waals surface area contributed by atoms with E-state index >= 15 is 0 Å². The minimum atomic E-state index is -0.216. The first kappa shape index (κ1) is 15.9. The van der Waals surface area contributed by atoms with E-state index in [0.29, 0.717) is 30.7 Å². The Morgan fingerprint density at radius 3 is 2.88 bits per heavy atom. The Balaban J connectivity index is 1.61. The van der Waals surface area contributed by atoms with Gasteiger partial charge in [0, 0.05) is 11.6 Å². The molecular weight excluding hydrogens is 318 g/mol. The molecule has 0 N–H and O–H groups in total. The highest BCUT2D eigenvalue weighted by atomic mass is 16.7. The van der Waals surface area contributed by atoms with E-state index in [1.165, 1.54) is 12.3 Å². The molecule has 25 heavy (non-hydrogen) atoms. The van der Waals surface area contributed by atoms with Gasteiger partial charge in [-0.2, -0.15) is 0 Å². The predicted octanol–water partition coefficient (Wildman–Crippen LogP) is 3.47. The van der Waals surface area contributed by atoms with E-state index in [1.807, 2.05) is 48.4 Å². The zero-order valence-corrected chi connectivity index (χ0v) is 14.0. The largest absolute Gasteiger partial charge is 0.464 e. The molecule has 1 aromatic heterocycles. The zero-order valence-electron chi connectivity index (χ0n) is 14.0. The van der Waals surface area contributed by atoms with Crippen molar-refractivity contribution in [3.63, 3.8) is 0 Å². The van der Waals surface area contributed by atoms with Gasteiger partial charge in [0.15, 0.2) is 5.43 Å². The normalized spacial score (nSPS) is 18.4. The van der Waals surface area contributed by atoms with Crippen molar-refractivity contribution >= 4 is 11.0 Å². The fourth-order valence-corrected chi connectivity index (χ4v) is 3.08. The Morgan fingerprint density at radius 2 is 2.00 bits per heavy atom. The van der Waals surface area contributed by atoms with Crippen LogP contribution in [0.15, 0.2) is 64.0 Å². The summed E-state index contributed by atoms with van der Waals surface area (Å²) in [5.41, 5.74) is 2.49. The van der Waals surface area contributed by atoms with Crippen molar-refractivity contribution in [3.05, 3.63) is 76.1 Å². The standard InChI is InChI=1S/C20H19NO4/c1-14-5-2-3-8-18(14)25-21-10-12-23-19(13-21)16-7-4-6-15-17(22)9-11-24-20(15)16/h2-9,11,19H,10,12-13H2,1H3. The van der Waals surface area contributed by atoms with Crippen molar-refractivity contribution in [3.8, 4) is 5.75 Å². The molecule has 0 spiro atoms. The smallest absolute Gasteiger partial charge is 0.192 e. The first-order valence-corrected chi connectivity index (χ1v) is 8.33. The average molecular weight is 337 g/mol. The van der Waals surface area contributed by atoms with Crippen LogP contribution in [0.3, 0.4) is 0 Å². The number of ether oxygens (including phenoxy) is 1. The molecule has 1 atom stereocenters. The van der Waals surface area contributed by atoms with Gasteiger partial charge in [0.1, 0.15) is 17.4 Å². The summed E-state index contributed by atoms with van der Waals surface area (Å²) in [5, 5.41) is 2.47. The highest BCUT2D eigenvalue weighted by Crippen LogP contribution is 2.29. The van der Waals surface area contributed by atoms with E-state index in [2.05, 4.69) is 0 Å². The maximum absolute atomic E-state index is 12.0. The molecule has 2 heterocycles. The van der Waals surface area contributed by atoms with Crippen molar-refractivity contribution in [2.24, 2.45) is 0 Å². The van der Waals surface area contributed by atoms with Crippen molar-refractivity contribution in [2.45, 2.75) is 13.0 Å². The molecule has 0 radical (unpaired) electrons. The van der Waals surface area contributed by atoms with Gasteiger partial charge in [-0.1, -0.05) is 30.3 Å². The van der Waals surface area contributed by atoms with Gasteiger partial charge in [-0.25, -0.2) is 0 Å². The number of morpholine rings is 1. The number of hydrogen-bond acceptors (Lipinski definition) is 5. The van der Waals surface area contributed by atoms with Gasteiger partial charge in [0.2, 0.25) is 0 Å². The van der Waals surface area contributed by atoms with Crippen molar-refractivity contribution in [1.29, 1.82) is 0 Å². The van der Waals surface area contributed by atoms with Gasteiger partial charge in [-0.05, 0) is 24.6 Å². The van der Waals surface area contributed by atoms with Gasteiger partial charge in [0.25, 0.3) is 0 Å². The summed E-state index contributed by atoms with van der Waals surface area (Å²) in [7, 11) is 0. The second-order valence-corrected chi connectivity index (χ2v) is 6.11. The summed E-state index contributed by atoms with van der Waals surface area (Å²) < 4.78 is 11.5. The Bertz CT molecular complexity index is 950. The van der Waals surface area contributed by atoms with Crippen LogP contribution in [0.25, 0.3) is 11.0 Å². The van der Waals surface area contributed by atoms with Gasteiger partial charge in [-0.3, -0.25) is 4.79 Å². The molecule has 0 saturated carbocycles. The predicted molar refractivity (Wildman–Crippen MR) is 94.6 cm³/mol. The molecule has 1 aliphatic heterocycles. The number of hydrogen-bond donors (Lipinski definition) is 0. The summed E-state index contributed by atoms with van der Waals surface area (Å²) in [4.78, 5) is 18.1. The Morgan fingerprint density at radius 1 is 1.12 bits per heavy atom. The number of aryl methyl sites for hydroxylation is 1. The summed E-state index contributed by atoms with van der Waals surface area (Å²) in [6.07, 6.45) is 1.21. The van der Waals surface area contributed by atoms with E-state index in [9.17, 15) is 4.79 Å². The second-order valence-electron chi connectivity index (χ2n) is 6.11. The highest BCUT2D eigenvalue weighted by molar-refractivity contribution is 5.79. The third-order valence-electron chi connectivity index (χ3n) is 4.41. The number of hydroxylamine groups is 2. The van der Waals surface area contributed by atoms with E-state index in [0.717, 1.165) is 16.9 Å². The van der Waals surface area contributed by atoms with Crippen molar-refractivity contribution < 1.29 is 14.0 Å². The monoisotopic (exact) mass is 337 g/mol. The zero-order chi connectivity index (χ0) is 17.2. The molecule has 4 rings (SSSR count). The lowest BCUT2D eigenvalue weighted by molar-refractivity contribution is -0.149. The molecule has 128 valence electrons. The van der Waals surface area contributed by atoms with Gasteiger partial charge in [0.05, 0.1) is 31.3 Å². The van der Waals surface area contributed by atoms with Crippen LogP contribution < -0.4 is 10.3 Å². The van der Waals surface area contributed by atoms with Crippen LogP contribution in [-0.2, 0) is 4.74 Å². The maximum atomic E-state index is 12.0. The third kappa shape index (κ3) is 3.16. The number of para-hydroxylation sites is 2. The van der Waals surface area contributed by atoms with E-state index < -0.39 is 0 Å². The van der Waals surface area contributed by atoms with Crippen LogP contribution in [0, 0.1) is 6.92 Å². The summed E-state index contributed by atoms with van der Waals surface area (Å²) in [6, 6.07) is 14.9. The molecule has 0 amide bonds. The maximum Gasteiger partial charge on any atom is 0.192 e. The SMILES string of the molecule is Cc1ccccc1ON1CCOC(c2cccc3c(=O)ccoc23)C1.